The van der Waals surface area contributed by atoms with Crippen molar-refractivity contribution in [1.82, 2.24) is 10.2 Å². The lowest BCUT2D eigenvalue weighted by Gasteiger charge is -2.36. The van der Waals surface area contributed by atoms with Gasteiger partial charge in [-0.25, -0.2) is 0 Å². The van der Waals surface area contributed by atoms with Gasteiger partial charge >= 0.3 is 0 Å². The molecule has 2 bridgehead atoms. The van der Waals surface area contributed by atoms with Gasteiger partial charge in [-0.1, -0.05) is 30.3 Å². The molecule has 38 heavy (non-hydrogen) atoms. The highest BCUT2D eigenvalue weighted by atomic mass is 16.5. The monoisotopic (exact) mass is 508 g/mol. The van der Waals surface area contributed by atoms with Gasteiger partial charge in [0.2, 0.25) is 0 Å². The highest BCUT2D eigenvalue weighted by Gasteiger charge is 2.39. The van der Waals surface area contributed by atoms with Gasteiger partial charge < -0.3 is 20.7 Å². The van der Waals surface area contributed by atoms with Gasteiger partial charge in [0.15, 0.2) is 0 Å². The third kappa shape index (κ3) is 5.05. The first kappa shape index (κ1) is 24.7. The van der Waals surface area contributed by atoms with E-state index in [9.17, 15) is 4.79 Å². The summed E-state index contributed by atoms with van der Waals surface area (Å²) in [5, 5.41) is 12.1. The van der Waals surface area contributed by atoms with Gasteiger partial charge in [-0.2, -0.15) is 0 Å². The minimum Gasteiger partial charge on any atom is -0.490 e. The largest absolute Gasteiger partial charge is 0.490 e. The number of carbonyl (C=O) groups excluding carboxylic acids is 1. The van der Waals surface area contributed by atoms with Crippen molar-refractivity contribution < 1.29 is 9.53 Å². The van der Waals surface area contributed by atoms with E-state index >= 15 is 0 Å². The van der Waals surface area contributed by atoms with Crippen molar-refractivity contribution in [1.29, 1.82) is 5.41 Å². The molecule has 2 heterocycles. The van der Waals surface area contributed by atoms with E-state index in [4.69, 9.17) is 15.9 Å². The van der Waals surface area contributed by atoms with Gasteiger partial charge in [-0.05, 0) is 99.5 Å². The fourth-order valence-corrected chi connectivity index (χ4v) is 6.21. The molecule has 196 valence electrons. The maximum atomic E-state index is 13.2. The van der Waals surface area contributed by atoms with Gasteiger partial charge in [0, 0.05) is 34.5 Å². The number of hydrogen-bond acceptors (Lipinski definition) is 5. The number of piperidine rings is 1. The number of benzene rings is 3. The molecule has 4 N–H and O–H groups in total. The van der Waals surface area contributed by atoms with Crippen LogP contribution in [0.4, 0.5) is 5.69 Å². The molecule has 1 saturated carbocycles. The first-order chi connectivity index (χ1) is 18.5. The number of rotatable bonds is 8. The molecule has 2 saturated heterocycles. The number of nitrogens with zero attached hydrogens (tertiary/aromatic N) is 1. The predicted octanol–water partition coefficient (Wildman–Crippen LogP) is 5.57. The van der Waals surface area contributed by atoms with Crippen LogP contribution in [0.2, 0.25) is 0 Å². The fourth-order valence-electron chi connectivity index (χ4n) is 6.21. The van der Waals surface area contributed by atoms with Crippen molar-refractivity contribution in [3.05, 3.63) is 95.1 Å². The van der Waals surface area contributed by atoms with Gasteiger partial charge in [-0.3, -0.25) is 10.2 Å². The molecule has 3 aliphatic rings. The maximum absolute atomic E-state index is 13.2. The van der Waals surface area contributed by atoms with E-state index in [1.807, 2.05) is 42.5 Å². The van der Waals surface area contributed by atoms with E-state index in [2.05, 4.69) is 29.4 Å². The molecule has 1 aliphatic carbocycles. The van der Waals surface area contributed by atoms with Crippen LogP contribution >= 0.6 is 0 Å². The second kappa shape index (κ2) is 10.3. The van der Waals surface area contributed by atoms with E-state index in [1.54, 1.807) is 18.2 Å². The van der Waals surface area contributed by atoms with Crippen LogP contribution in [-0.4, -0.2) is 41.8 Å². The number of hydrogen-bond donors (Lipinski definition) is 3. The molecule has 6 nitrogen and oxygen atoms in total. The normalized spacial score (nSPS) is 23.6. The van der Waals surface area contributed by atoms with Crippen molar-refractivity contribution in [2.75, 3.05) is 12.8 Å². The molecular weight excluding hydrogens is 472 g/mol. The molecule has 3 unspecified atom stereocenters. The van der Waals surface area contributed by atoms with Crippen molar-refractivity contribution in [3.63, 3.8) is 0 Å². The highest BCUT2D eigenvalue weighted by Crippen LogP contribution is 2.41. The third-order valence-corrected chi connectivity index (χ3v) is 8.62. The number of carbonyl (C=O) groups is 1. The van der Waals surface area contributed by atoms with E-state index in [0.29, 0.717) is 40.5 Å². The van der Waals surface area contributed by atoms with E-state index < -0.39 is 0 Å². The molecule has 3 fully saturated rings. The number of nitrogens with one attached hydrogen (secondary N) is 2. The standard InChI is InChI=1S/C32H36N4O2/c1-36-24-12-13-25(36)19-27(18-24)38-26-14-9-20(10-15-26)30(34)28-17-23(11-16-29(28)33)32(37)35-31(22-7-8-22)21-5-3-2-4-6-21/h2-6,9-11,14-17,22,24-25,27,31,34H,7-8,12-13,18-19,33H2,1H3,(H,35,37). The topological polar surface area (TPSA) is 91.4 Å². The summed E-state index contributed by atoms with van der Waals surface area (Å²) in [5.74, 6) is 1.16. The molecule has 0 radical (unpaired) electrons. The van der Waals surface area contributed by atoms with Crippen LogP contribution in [0.3, 0.4) is 0 Å². The van der Waals surface area contributed by atoms with Crippen LogP contribution in [0.15, 0.2) is 72.8 Å². The summed E-state index contributed by atoms with van der Waals surface area (Å²) in [6.45, 7) is 0. The lowest BCUT2D eigenvalue weighted by atomic mass is 9.97. The van der Waals surface area contributed by atoms with Crippen LogP contribution in [-0.2, 0) is 0 Å². The number of ether oxygens (including phenoxy) is 1. The predicted molar refractivity (Wildman–Crippen MR) is 151 cm³/mol. The Bertz CT molecular complexity index is 1310. The number of nitrogens with two attached hydrogens (primary N) is 1. The first-order valence-corrected chi connectivity index (χ1v) is 13.8. The number of amides is 1. The van der Waals surface area contributed by atoms with Crippen molar-refractivity contribution in [3.8, 4) is 5.75 Å². The van der Waals surface area contributed by atoms with Crippen LogP contribution in [0.25, 0.3) is 0 Å². The minimum atomic E-state index is -0.143. The minimum absolute atomic E-state index is 0.00328. The van der Waals surface area contributed by atoms with E-state index in [-0.39, 0.29) is 18.1 Å². The van der Waals surface area contributed by atoms with Crippen molar-refractivity contribution >= 4 is 17.3 Å². The molecule has 0 spiro atoms. The Morgan fingerprint density at radius 2 is 1.61 bits per heavy atom. The average Bonchev–Trinajstić information content (AvgIpc) is 3.75. The summed E-state index contributed by atoms with van der Waals surface area (Å²) in [5.41, 5.74) is 9.99. The summed E-state index contributed by atoms with van der Waals surface area (Å²) in [6.07, 6.45) is 7.16. The lowest BCUT2D eigenvalue weighted by Crippen LogP contribution is -2.43. The van der Waals surface area contributed by atoms with E-state index in [0.717, 1.165) is 42.6 Å². The zero-order chi connectivity index (χ0) is 26.2. The molecule has 6 heteroatoms. The molecule has 3 aromatic rings. The quantitative estimate of drug-likeness (QED) is 0.274. The van der Waals surface area contributed by atoms with Gasteiger partial charge in [0.05, 0.1) is 11.8 Å². The zero-order valence-electron chi connectivity index (χ0n) is 21.9. The molecule has 2 aliphatic heterocycles. The summed E-state index contributed by atoms with van der Waals surface area (Å²) in [4.78, 5) is 15.8. The Morgan fingerprint density at radius 1 is 0.947 bits per heavy atom. The summed E-state index contributed by atoms with van der Waals surface area (Å²) < 4.78 is 6.32. The zero-order valence-corrected chi connectivity index (χ0v) is 21.9. The lowest BCUT2D eigenvalue weighted by molar-refractivity contribution is 0.0661. The molecule has 3 aromatic carbocycles. The van der Waals surface area contributed by atoms with Crippen LogP contribution in [0, 0.1) is 11.3 Å². The second-order valence-corrected chi connectivity index (χ2v) is 11.2. The molecule has 0 aromatic heterocycles. The SMILES string of the molecule is CN1C2CCC1CC(Oc1ccc(C(=N)c3cc(C(=O)NC(c4ccccc4)C4CC4)ccc3N)cc1)C2. The molecular formula is C32H36N4O2. The molecule has 6 rings (SSSR count). The van der Waals surface area contributed by atoms with Gasteiger partial charge in [0.1, 0.15) is 11.9 Å². The van der Waals surface area contributed by atoms with Crippen molar-refractivity contribution in [2.24, 2.45) is 5.92 Å². The van der Waals surface area contributed by atoms with Crippen LogP contribution in [0.5, 0.6) is 5.75 Å². The van der Waals surface area contributed by atoms with E-state index in [1.165, 1.54) is 12.8 Å². The Morgan fingerprint density at radius 3 is 2.26 bits per heavy atom. The number of fused-ring (bicyclic) bond motifs is 2. The number of nitrogen functional groups attached to an aromatic ring is 1. The molecule has 1 amide bonds. The summed E-state index contributed by atoms with van der Waals surface area (Å²) in [7, 11) is 2.23. The third-order valence-electron chi connectivity index (χ3n) is 8.62. The summed E-state index contributed by atoms with van der Waals surface area (Å²) in [6, 6.07) is 24.3. The van der Waals surface area contributed by atoms with Crippen LogP contribution < -0.4 is 15.8 Å². The fraction of sp³-hybridized carbons (Fsp3) is 0.375. The maximum Gasteiger partial charge on any atom is 0.251 e. The first-order valence-electron chi connectivity index (χ1n) is 13.8. The average molecular weight is 509 g/mol. The Balaban J connectivity index is 1.14. The smallest absolute Gasteiger partial charge is 0.251 e. The Kier molecular flexibility index (Phi) is 6.66. The summed E-state index contributed by atoms with van der Waals surface area (Å²) >= 11 is 0. The Labute approximate surface area is 224 Å². The number of anilines is 1. The van der Waals surface area contributed by atoms with Crippen molar-refractivity contribution in [2.45, 2.75) is 62.8 Å². The highest BCUT2D eigenvalue weighted by molar-refractivity contribution is 6.14. The van der Waals surface area contributed by atoms with Gasteiger partial charge in [-0.15, -0.1) is 0 Å². The van der Waals surface area contributed by atoms with Crippen LogP contribution in [0.1, 0.15) is 71.6 Å². The Hall–Kier alpha value is -3.64. The van der Waals surface area contributed by atoms with Gasteiger partial charge in [0.25, 0.3) is 5.91 Å². The second-order valence-electron chi connectivity index (χ2n) is 11.2. The molecule has 3 atom stereocenters.